The largest absolute Gasteiger partial charge is 0.456 e. The van der Waals surface area contributed by atoms with Gasteiger partial charge in [0.2, 0.25) is 0 Å². The summed E-state index contributed by atoms with van der Waals surface area (Å²) in [7, 11) is 0. The van der Waals surface area contributed by atoms with Gasteiger partial charge in [0.05, 0.1) is 5.41 Å². The second-order valence-electron chi connectivity index (χ2n) is 17.0. The second kappa shape index (κ2) is 12.9. The number of benzene rings is 11. The van der Waals surface area contributed by atoms with Crippen molar-refractivity contribution >= 4 is 76.2 Å². The monoisotopic (exact) mass is 800 g/mol. The Labute approximate surface area is 362 Å². The van der Waals surface area contributed by atoms with Gasteiger partial charge in [-0.1, -0.05) is 188 Å². The predicted octanol–water partition coefficient (Wildman–Crippen LogP) is 16.6. The van der Waals surface area contributed by atoms with Crippen LogP contribution in [0.5, 0.6) is 0 Å². The van der Waals surface area contributed by atoms with Gasteiger partial charge in [-0.15, -0.1) is 0 Å². The molecule has 0 unspecified atom stereocenters. The fraction of sp³-hybridized carbons (Fsp3) is 0.0164. The highest BCUT2D eigenvalue weighted by Crippen LogP contribution is 2.62. The van der Waals surface area contributed by atoms with E-state index in [1.54, 1.807) is 0 Å². The Bertz CT molecular complexity index is 3920. The van der Waals surface area contributed by atoms with E-state index in [0.29, 0.717) is 0 Å². The molecule has 2 nitrogen and oxygen atoms in total. The van der Waals surface area contributed by atoms with Crippen LogP contribution in [0.2, 0.25) is 0 Å². The van der Waals surface area contributed by atoms with E-state index in [1.165, 1.54) is 71.3 Å². The molecule has 0 N–H and O–H groups in total. The molecule has 0 fully saturated rings. The van der Waals surface area contributed by atoms with Crippen LogP contribution < -0.4 is 0 Å². The smallest absolute Gasteiger partial charge is 0.144 e. The van der Waals surface area contributed by atoms with Crippen LogP contribution in [-0.2, 0) is 5.41 Å². The van der Waals surface area contributed by atoms with E-state index in [9.17, 15) is 0 Å². The normalized spacial score (nSPS) is 13.2. The Morgan fingerprint density at radius 3 is 1.48 bits per heavy atom. The van der Waals surface area contributed by atoms with E-state index in [0.717, 1.165) is 60.6 Å². The van der Waals surface area contributed by atoms with Crippen molar-refractivity contribution in [2.45, 2.75) is 5.41 Å². The number of rotatable bonds is 4. The molecule has 0 atom stereocenters. The van der Waals surface area contributed by atoms with E-state index in [4.69, 9.17) is 8.83 Å². The van der Waals surface area contributed by atoms with Gasteiger partial charge >= 0.3 is 0 Å². The summed E-state index contributed by atoms with van der Waals surface area (Å²) in [5.74, 6) is 0. The highest BCUT2D eigenvalue weighted by atomic mass is 16.3. The molecule has 14 rings (SSSR count). The molecule has 1 aliphatic rings. The summed E-state index contributed by atoms with van der Waals surface area (Å²) >= 11 is 0. The van der Waals surface area contributed by atoms with E-state index < -0.39 is 5.41 Å². The third-order valence-corrected chi connectivity index (χ3v) is 13.9. The minimum Gasteiger partial charge on any atom is -0.456 e. The van der Waals surface area contributed by atoms with Gasteiger partial charge in [0.25, 0.3) is 0 Å². The van der Waals surface area contributed by atoms with Gasteiger partial charge in [-0.05, 0) is 107 Å². The summed E-state index contributed by atoms with van der Waals surface area (Å²) in [4.78, 5) is 0. The molecule has 0 radical (unpaired) electrons. The molecule has 2 aromatic heterocycles. The van der Waals surface area contributed by atoms with Crippen molar-refractivity contribution in [1.29, 1.82) is 0 Å². The van der Waals surface area contributed by atoms with Crippen molar-refractivity contribution in [3.63, 3.8) is 0 Å². The lowest BCUT2D eigenvalue weighted by atomic mass is 9.67. The Morgan fingerprint density at radius 2 is 0.825 bits per heavy atom. The Morgan fingerprint density at radius 1 is 0.302 bits per heavy atom. The summed E-state index contributed by atoms with van der Waals surface area (Å²) in [6, 6.07) is 79.8. The van der Waals surface area contributed by atoms with Crippen LogP contribution in [0.25, 0.3) is 110 Å². The molecule has 0 aliphatic heterocycles. The van der Waals surface area contributed by atoms with Crippen LogP contribution in [0.3, 0.4) is 0 Å². The fourth-order valence-electron chi connectivity index (χ4n) is 11.4. The summed E-state index contributed by atoms with van der Waals surface area (Å²) in [5, 5.41) is 11.7. The topological polar surface area (TPSA) is 26.3 Å². The summed E-state index contributed by atoms with van der Waals surface area (Å²) in [5.41, 5.74) is 14.7. The molecule has 2 heterocycles. The van der Waals surface area contributed by atoms with E-state index in [-0.39, 0.29) is 0 Å². The van der Waals surface area contributed by atoms with Gasteiger partial charge in [-0.3, -0.25) is 0 Å². The van der Waals surface area contributed by atoms with Crippen molar-refractivity contribution in [3.05, 3.63) is 241 Å². The molecule has 1 aliphatic carbocycles. The molecule has 2 heteroatoms. The Balaban J connectivity index is 1.21. The van der Waals surface area contributed by atoms with Gasteiger partial charge in [0, 0.05) is 32.7 Å². The molecule has 0 amide bonds. The third-order valence-electron chi connectivity index (χ3n) is 13.9. The molecule has 292 valence electrons. The van der Waals surface area contributed by atoms with Crippen LogP contribution in [-0.4, -0.2) is 0 Å². The van der Waals surface area contributed by atoms with Crippen molar-refractivity contribution < 1.29 is 8.83 Å². The average molecular weight is 801 g/mol. The van der Waals surface area contributed by atoms with Crippen molar-refractivity contribution in [1.82, 2.24) is 0 Å². The zero-order chi connectivity index (χ0) is 41.2. The maximum atomic E-state index is 7.34. The molecule has 0 saturated heterocycles. The average Bonchev–Trinajstić information content (AvgIpc) is 4.02. The lowest BCUT2D eigenvalue weighted by Gasteiger charge is -2.34. The highest BCUT2D eigenvalue weighted by Gasteiger charge is 2.49. The summed E-state index contributed by atoms with van der Waals surface area (Å²) < 4.78 is 14.0. The number of hydrogen-bond donors (Lipinski definition) is 0. The molecular weight excluding hydrogens is 765 g/mol. The third kappa shape index (κ3) is 4.62. The molecule has 13 aromatic rings. The minimum absolute atomic E-state index is 0.696. The molecule has 0 saturated carbocycles. The van der Waals surface area contributed by atoms with Crippen LogP contribution in [0, 0.1) is 0 Å². The quantitative estimate of drug-likeness (QED) is 0.166. The van der Waals surface area contributed by atoms with Gasteiger partial charge in [0.15, 0.2) is 0 Å². The van der Waals surface area contributed by atoms with Crippen LogP contribution >= 0.6 is 0 Å². The number of para-hydroxylation sites is 2. The SMILES string of the molecule is c1ccc(C2(c3ccccc3)c3cc(-c4c5ccccc5c(-c5ccc6ccccc6c5)c5ccccc45)c4c(oc5ccccc54)c3-c3c2ccc2oc4ccccc4c32)cc1. The lowest BCUT2D eigenvalue weighted by Crippen LogP contribution is -2.28. The standard InChI is InChI=1S/C61H36O2/c1-3-19-40(20-4-1)61(41-21-5-2-6-22-41)49-33-34-53-57(47-28-14-15-29-51(47)62-53)58(49)59-50(61)36-48(56-46-27-13-16-30-52(46)63-60(56)59)55-44-25-11-9-23-42(44)54(43-24-10-12-26-45(43)55)39-32-31-37-17-7-8-18-38(37)35-39/h1-36H. The highest BCUT2D eigenvalue weighted by molar-refractivity contribution is 6.29. The van der Waals surface area contributed by atoms with Crippen LogP contribution in [0.15, 0.2) is 227 Å². The van der Waals surface area contributed by atoms with E-state index in [2.05, 4.69) is 218 Å². The van der Waals surface area contributed by atoms with Gasteiger partial charge in [-0.25, -0.2) is 0 Å². The number of fused-ring (bicyclic) bond motifs is 14. The first kappa shape index (κ1) is 34.5. The molecule has 11 aromatic carbocycles. The van der Waals surface area contributed by atoms with Crippen molar-refractivity contribution in [2.75, 3.05) is 0 Å². The maximum Gasteiger partial charge on any atom is 0.144 e. The Hall–Kier alpha value is -8.20. The van der Waals surface area contributed by atoms with Crippen LogP contribution in [0.1, 0.15) is 22.3 Å². The van der Waals surface area contributed by atoms with E-state index in [1.807, 2.05) is 0 Å². The zero-order valence-corrected chi connectivity index (χ0v) is 34.1. The first-order valence-electron chi connectivity index (χ1n) is 21.8. The maximum absolute atomic E-state index is 7.34. The number of furan rings is 2. The van der Waals surface area contributed by atoms with Crippen molar-refractivity contribution in [3.8, 4) is 33.4 Å². The fourth-order valence-corrected chi connectivity index (χ4v) is 11.4. The molecular formula is C61H36O2. The predicted molar refractivity (Wildman–Crippen MR) is 262 cm³/mol. The Kier molecular flexibility index (Phi) is 7.07. The summed E-state index contributed by atoms with van der Waals surface area (Å²) in [6.45, 7) is 0. The molecule has 0 spiro atoms. The summed E-state index contributed by atoms with van der Waals surface area (Å²) in [6.07, 6.45) is 0. The van der Waals surface area contributed by atoms with Crippen molar-refractivity contribution in [2.24, 2.45) is 0 Å². The zero-order valence-electron chi connectivity index (χ0n) is 34.1. The first-order chi connectivity index (χ1) is 31.3. The second-order valence-corrected chi connectivity index (χ2v) is 17.0. The van der Waals surface area contributed by atoms with Gasteiger partial charge in [0.1, 0.15) is 22.3 Å². The first-order valence-corrected chi connectivity index (χ1v) is 21.8. The van der Waals surface area contributed by atoms with E-state index >= 15 is 0 Å². The van der Waals surface area contributed by atoms with Gasteiger partial charge < -0.3 is 8.83 Å². The molecule has 63 heavy (non-hydrogen) atoms. The van der Waals surface area contributed by atoms with Gasteiger partial charge in [-0.2, -0.15) is 0 Å². The lowest BCUT2D eigenvalue weighted by molar-refractivity contribution is 0.668. The number of hydrogen-bond acceptors (Lipinski definition) is 2. The molecule has 0 bridgehead atoms. The van der Waals surface area contributed by atoms with Crippen LogP contribution in [0.4, 0.5) is 0 Å². The minimum atomic E-state index is -0.696.